The molecule has 0 bridgehead atoms. The Morgan fingerprint density at radius 1 is 1.67 bits per heavy atom. The monoisotopic (exact) mass is 224 g/mol. The van der Waals surface area contributed by atoms with Crippen LogP contribution in [0.15, 0.2) is 12.3 Å². The molecule has 15 heavy (non-hydrogen) atoms. The molecule has 1 N–H and O–H groups in total. The molecular formula is C10H12N2O2S. The SMILES string of the molecule is CC1(c2nccc(C(=O)O)n2)CCCS1. The third-order valence-corrected chi connectivity index (χ3v) is 4.08. The van der Waals surface area contributed by atoms with E-state index in [1.54, 1.807) is 11.8 Å². The van der Waals surface area contributed by atoms with Crippen molar-refractivity contribution in [2.24, 2.45) is 0 Å². The van der Waals surface area contributed by atoms with E-state index in [-0.39, 0.29) is 10.4 Å². The summed E-state index contributed by atoms with van der Waals surface area (Å²) in [4.78, 5) is 19.1. The first-order valence-electron chi connectivity index (χ1n) is 4.83. The van der Waals surface area contributed by atoms with Gasteiger partial charge in [-0.3, -0.25) is 0 Å². The summed E-state index contributed by atoms with van der Waals surface area (Å²) in [5.41, 5.74) is 0.0775. The van der Waals surface area contributed by atoms with Crippen molar-refractivity contribution < 1.29 is 9.90 Å². The molecule has 2 heterocycles. The number of rotatable bonds is 2. The van der Waals surface area contributed by atoms with Crippen LogP contribution in [0.3, 0.4) is 0 Å². The average molecular weight is 224 g/mol. The van der Waals surface area contributed by atoms with E-state index in [4.69, 9.17) is 5.11 Å². The third-order valence-electron chi connectivity index (χ3n) is 2.57. The molecule has 1 atom stereocenters. The average Bonchev–Trinajstić information content (AvgIpc) is 2.67. The summed E-state index contributed by atoms with van der Waals surface area (Å²) in [7, 11) is 0. The van der Waals surface area contributed by atoms with E-state index < -0.39 is 5.97 Å². The lowest BCUT2D eigenvalue weighted by Gasteiger charge is -2.20. The molecule has 5 heteroatoms. The summed E-state index contributed by atoms with van der Waals surface area (Å²) in [5, 5.41) is 8.84. The van der Waals surface area contributed by atoms with Gasteiger partial charge in [0.1, 0.15) is 5.82 Å². The largest absolute Gasteiger partial charge is 0.477 e. The molecule has 0 spiro atoms. The van der Waals surface area contributed by atoms with Gasteiger partial charge >= 0.3 is 5.97 Å². The van der Waals surface area contributed by atoms with Gasteiger partial charge in [-0.25, -0.2) is 14.8 Å². The highest BCUT2D eigenvalue weighted by Crippen LogP contribution is 2.44. The normalized spacial score (nSPS) is 25.4. The highest BCUT2D eigenvalue weighted by Gasteiger charge is 2.34. The molecule has 4 nitrogen and oxygen atoms in total. The molecule has 1 saturated heterocycles. The topological polar surface area (TPSA) is 63.1 Å². The van der Waals surface area contributed by atoms with Crippen LogP contribution in [0.2, 0.25) is 0 Å². The Morgan fingerprint density at radius 2 is 2.47 bits per heavy atom. The van der Waals surface area contributed by atoms with Gasteiger partial charge in [0.05, 0.1) is 4.75 Å². The van der Waals surface area contributed by atoms with Crippen molar-refractivity contribution in [1.29, 1.82) is 0 Å². The molecule has 80 valence electrons. The second-order valence-corrected chi connectivity index (χ2v) is 5.35. The van der Waals surface area contributed by atoms with Crippen LogP contribution in [0.4, 0.5) is 0 Å². The van der Waals surface area contributed by atoms with Crippen LogP contribution in [0.25, 0.3) is 0 Å². The van der Waals surface area contributed by atoms with E-state index >= 15 is 0 Å². The fourth-order valence-corrected chi connectivity index (χ4v) is 2.94. The standard InChI is InChI=1S/C10H12N2O2S/c1-10(4-2-6-15-10)9-11-5-3-7(12-9)8(13)14/h3,5H,2,4,6H2,1H3,(H,13,14). The van der Waals surface area contributed by atoms with Crippen molar-refractivity contribution in [2.75, 3.05) is 5.75 Å². The van der Waals surface area contributed by atoms with Crippen molar-refractivity contribution in [2.45, 2.75) is 24.5 Å². The minimum absolute atomic E-state index is 0.0775. The molecule has 0 aliphatic carbocycles. The minimum Gasteiger partial charge on any atom is -0.477 e. The first-order chi connectivity index (χ1) is 7.12. The van der Waals surface area contributed by atoms with Gasteiger partial charge in [-0.2, -0.15) is 0 Å². The van der Waals surface area contributed by atoms with Crippen molar-refractivity contribution in [3.8, 4) is 0 Å². The second-order valence-electron chi connectivity index (χ2n) is 3.75. The molecule has 1 fully saturated rings. The summed E-state index contributed by atoms with van der Waals surface area (Å²) in [6, 6.07) is 1.43. The third kappa shape index (κ3) is 1.97. The quantitative estimate of drug-likeness (QED) is 0.831. The van der Waals surface area contributed by atoms with Gasteiger partial charge < -0.3 is 5.11 Å². The number of aromatic nitrogens is 2. The molecular weight excluding hydrogens is 212 g/mol. The maximum absolute atomic E-state index is 10.8. The van der Waals surface area contributed by atoms with Crippen molar-refractivity contribution in [3.63, 3.8) is 0 Å². The van der Waals surface area contributed by atoms with Crippen LogP contribution in [-0.2, 0) is 4.75 Å². The molecule has 2 rings (SSSR count). The Labute approximate surface area is 92.1 Å². The predicted molar refractivity (Wildman–Crippen MR) is 58.0 cm³/mol. The van der Waals surface area contributed by atoms with Gasteiger partial charge in [0.15, 0.2) is 5.69 Å². The van der Waals surface area contributed by atoms with Crippen molar-refractivity contribution in [3.05, 3.63) is 23.8 Å². The predicted octanol–water partition coefficient (Wildman–Crippen LogP) is 1.92. The van der Waals surface area contributed by atoms with Crippen LogP contribution < -0.4 is 0 Å². The zero-order valence-corrected chi connectivity index (χ0v) is 9.25. The van der Waals surface area contributed by atoms with E-state index in [0.717, 1.165) is 18.6 Å². The summed E-state index contributed by atoms with van der Waals surface area (Å²) in [5.74, 6) is 0.743. The van der Waals surface area contributed by atoms with Gasteiger partial charge in [-0.05, 0) is 31.6 Å². The van der Waals surface area contributed by atoms with Gasteiger partial charge in [-0.15, -0.1) is 11.8 Å². The maximum Gasteiger partial charge on any atom is 0.354 e. The van der Waals surface area contributed by atoms with E-state index in [9.17, 15) is 4.79 Å². The van der Waals surface area contributed by atoms with Crippen molar-refractivity contribution in [1.82, 2.24) is 9.97 Å². The van der Waals surface area contributed by atoms with Crippen LogP contribution >= 0.6 is 11.8 Å². The summed E-state index contributed by atoms with van der Waals surface area (Å²) >= 11 is 1.80. The van der Waals surface area contributed by atoms with Crippen LogP contribution in [-0.4, -0.2) is 26.8 Å². The summed E-state index contributed by atoms with van der Waals surface area (Å²) < 4.78 is -0.106. The number of aromatic carboxylic acids is 1. The summed E-state index contributed by atoms with van der Waals surface area (Å²) in [6.45, 7) is 2.08. The van der Waals surface area contributed by atoms with Gasteiger partial charge in [0.25, 0.3) is 0 Å². The Bertz CT molecular complexity index is 389. The fourth-order valence-electron chi connectivity index (χ4n) is 1.69. The highest BCUT2D eigenvalue weighted by atomic mass is 32.2. The molecule has 0 aromatic carbocycles. The Balaban J connectivity index is 2.36. The second kappa shape index (κ2) is 3.81. The smallest absolute Gasteiger partial charge is 0.354 e. The molecule has 1 aliphatic rings. The fraction of sp³-hybridized carbons (Fsp3) is 0.500. The first-order valence-corrected chi connectivity index (χ1v) is 5.81. The number of thioether (sulfide) groups is 1. The van der Waals surface area contributed by atoms with E-state index in [1.807, 2.05) is 0 Å². The number of carboxylic acids is 1. The number of nitrogens with zero attached hydrogens (tertiary/aromatic N) is 2. The molecule has 1 aromatic heterocycles. The van der Waals surface area contributed by atoms with Crippen LogP contribution in [0, 0.1) is 0 Å². The Hall–Kier alpha value is -1.10. The number of hydrogen-bond acceptors (Lipinski definition) is 4. The first kappa shape index (κ1) is 10.4. The molecule has 1 unspecified atom stereocenters. The van der Waals surface area contributed by atoms with Crippen LogP contribution in [0.1, 0.15) is 36.1 Å². The maximum atomic E-state index is 10.8. The van der Waals surface area contributed by atoms with Gasteiger partial charge in [-0.1, -0.05) is 0 Å². The molecule has 1 aliphatic heterocycles. The molecule has 0 radical (unpaired) electrons. The van der Waals surface area contributed by atoms with Crippen molar-refractivity contribution >= 4 is 17.7 Å². The zero-order chi connectivity index (χ0) is 10.9. The highest BCUT2D eigenvalue weighted by molar-refractivity contribution is 8.00. The van der Waals surface area contributed by atoms with Gasteiger partial charge in [0, 0.05) is 6.20 Å². The zero-order valence-electron chi connectivity index (χ0n) is 8.43. The van der Waals surface area contributed by atoms with E-state index in [1.165, 1.54) is 12.3 Å². The lowest BCUT2D eigenvalue weighted by atomic mass is 10.0. The molecule has 0 saturated carbocycles. The Kier molecular flexibility index (Phi) is 2.65. The van der Waals surface area contributed by atoms with E-state index in [2.05, 4.69) is 16.9 Å². The van der Waals surface area contributed by atoms with Crippen LogP contribution in [0.5, 0.6) is 0 Å². The number of carbonyl (C=O) groups is 1. The van der Waals surface area contributed by atoms with Gasteiger partial charge in [0.2, 0.25) is 0 Å². The Morgan fingerprint density at radius 3 is 3.07 bits per heavy atom. The lowest BCUT2D eigenvalue weighted by Crippen LogP contribution is -2.18. The number of hydrogen-bond donors (Lipinski definition) is 1. The van der Waals surface area contributed by atoms with E-state index in [0.29, 0.717) is 5.82 Å². The number of carboxylic acid groups (broad SMARTS) is 1. The minimum atomic E-state index is -0.995. The molecule has 1 aromatic rings. The lowest BCUT2D eigenvalue weighted by molar-refractivity contribution is 0.0689. The molecule has 0 amide bonds. The summed E-state index contributed by atoms with van der Waals surface area (Å²) in [6.07, 6.45) is 3.68.